The number of likely N-dealkylation sites (N-methyl/N-ethyl adjacent to an activating group) is 1. The van der Waals surface area contributed by atoms with Crippen molar-refractivity contribution in [2.24, 2.45) is 5.92 Å². The fraction of sp³-hybridized carbons (Fsp3) is 0.667. The molecule has 3 amide bonds. The summed E-state index contributed by atoms with van der Waals surface area (Å²) in [5, 5.41) is 5.89. The molecule has 2 heterocycles. The highest BCUT2D eigenvalue weighted by Crippen LogP contribution is 2.24. The van der Waals surface area contributed by atoms with Crippen molar-refractivity contribution in [3.8, 4) is 0 Å². The first kappa shape index (κ1) is 17.8. The lowest BCUT2D eigenvalue weighted by atomic mass is 9.96. The van der Waals surface area contributed by atoms with Crippen LogP contribution in [0.1, 0.15) is 31.4 Å². The van der Waals surface area contributed by atoms with Crippen molar-refractivity contribution in [1.82, 2.24) is 20.4 Å². The van der Waals surface area contributed by atoms with Crippen molar-refractivity contribution in [1.29, 1.82) is 0 Å². The zero-order chi connectivity index (χ0) is 17.6. The number of rotatable bonds is 7. The van der Waals surface area contributed by atoms with E-state index in [1.807, 2.05) is 6.07 Å². The van der Waals surface area contributed by atoms with Crippen LogP contribution >= 0.6 is 0 Å². The lowest BCUT2D eigenvalue weighted by Gasteiger charge is -2.31. The Hall–Kier alpha value is -2.02. The van der Waals surface area contributed by atoms with E-state index in [0.717, 1.165) is 31.2 Å². The van der Waals surface area contributed by atoms with Gasteiger partial charge in [-0.25, -0.2) is 4.79 Å². The maximum absolute atomic E-state index is 12.3. The standard InChI is InChI=1S/C18H28N4O3/c1-21(15-4-5-15)11-8-19-17(23)14-6-9-22(10-7-14)18(24)20-13-16-3-2-12-25-16/h2-3,12,14-15H,4-11,13H2,1H3,(H,19,23)(H,20,24). The van der Waals surface area contributed by atoms with Gasteiger partial charge in [-0.15, -0.1) is 0 Å². The molecule has 1 aromatic rings. The van der Waals surface area contributed by atoms with Crippen LogP contribution in [0.3, 0.4) is 0 Å². The molecule has 0 bridgehead atoms. The molecule has 0 spiro atoms. The van der Waals surface area contributed by atoms with E-state index in [-0.39, 0.29) is 17.9 Å². The molecular weight excluding hydrogens is 320 g/mol. The maximum atomic E-state index is 12.3. The van der Waals surface area contributed by atoms with E-state index < -0.39 is 0 Å². The van der Waals surface area contributed by atoms with Crippen molar-refractivity contribution in [3.05, 3.63) is 24.2 Å². The number of carbonyl (C=O) groups is 2. The zero-order valence-electron chi connectivity index (χ0n) is 14.9. The molecule has 0 unspecified atom stereocenters. The number of nitrogens with one attached hydrogen (secondary N) is 2. The average Bonchev–Trinajstić information content (AvgIpc) is 3.36. The van der Waals surface area contributed by atoms with Crippen molar-refractivity contribution in [3.63, 3.8) is 0 Å². The van der Waals surface area contributed by atoms with Crippen LogP contribution < -0.4 is 10.6 Å². The topological polar surface area (TPSA) is 77.8 Å². The monoisotopic (exact) mass is 348 g/mol. The van der Waals surface area contributed by atoms with Gasteiger partial charge in [-0.2, -0.15) is 0 Å². The molecule has 2 fully saturated rings. The van der Waals surface area contributed by atoms with Gasteiger partial charge in [0.25, 0.3) is 0 Å². The van der Waals surface area contributed by atoms with Crippen molar-refractivity contribution in [2.45, 2.75) is 38.3 Å². The van der Waals surface area contributed by atoms with Crippen LogP contribution in [0.5, 0.6) is 0 Å². The minimum absolute atomic E-state index is 0.0142. The number of hydrogen-bond acceptors (Lipinski definition) is 4. The normalized spacial score (nSPS) is 18.4. The zero-order valence-corrected chi connectivity index (χ0v) is 14.9. The second-order valence-corrected chi connectivity index (χ2v) is 7.00. The number of nitrogens with zero attached hydrogens (tertiary/aromatic N) is 2. The number of carbonyl (C=O) groups excluding carboxylic acids is 2. The lowest BCUT2D eigenvalue weighted by molar-refractivity contribution is -0.126. The van der Waals surface area contributed by atoms with E-state index in [0.29, 0.717) is 26.2 Å². The fourth-order valence-corrected chi connectivity index (χ4v) is 3.23. The summed E-state index contributed by atoms with van der Waals surface area (Å²) in [7, 11) is 2.11. The van der Waals surface area contributed by atoms with Crippen LogP contribution in [-0.4, -0.2) is 61.0 Å². The van der Waals surface area contributed by atoms with Crippen LogP contribution in [0, 0.1) is 5.92 Å². The summed E-state index contributed by atoms with van der Waals surface area (Å²) < 4.78 is 5.20. The third kappa shape index (κ3) is 5.22. The molecule has 1 aliphatic heterocycles. The molecule has 1 aliphatic carbocycles. The summed E-state index contributed by atoms with van der Waals surface area (Å²) in [5.41, 5.74) is 0. The lowest BCUT2D eigenvalue weighted by Crippen LogP contribution is -2.47. The molecule has 0 aromatic carbocycles. The first-order chi connectivity index (χ1) is 12.1. The molecule has 25 heavy (non-hydrogen) atoms. The van der Waals surface area contributed by atoms with E-state index in [1.54, 1.807) is 17.2 Å². The summed E-state index contributed by atoms with van der Waals surface area (Å²) >= 11 is 0. The fourth-order valence-electron chi connectivity index (χ4n) is 3.23. The highest BCUT2D eigenvalue weighted by atomic mass is 16.3. The maximum Gasteiger partial charge on any atom is 0.317 e. The first-order valence-electron chi connectivity index (χ1n) is 9.16. The Bertz CT molecular complexity index is 563. The smallest absolute Gasteiger partial charge is 0.317 e. The van der Waals surface area contributed by atoms with E-state index in [1.165, 1.54) is 12.8 Å². The van der Waals surface area contributed by atoms with Crippen molar-refractivity contribution < 1.29 is 14.0 Å². The van der Waals surface area contributed by atoms with Gasteiger partial charge in [0, 0.05) is 38.1 Å². The number of urea groups is 1. The minimum atomic E-state index is -0.0960. The molecule has 3 rings (SSSR count). The summed E-state index contributed by atoms with van der Waals surface area (Å²) in [6.45, 7) is 3.23. The third-order valence-corrected chi connectivity index (χ3v) is 5.08. The molecule has 0 atom stereocenters. The van der Waals surface area contributed by atoms with E-state index >= 15 is 0 Å². The molecule has 1 aromatic heterocycles. The van der Waals surface area contributed by atoms with E-state index in [2.05, 4.69) is 22.6 Å². The number of piperidine rings is 1. The Labute approximate surface area is 148 Å². The van der Waals surface area contributed by atoms with Crippen LogP contribution in [0.15, 0.2) is 22.8 Å². The minimum Gasteiger partial charge on any atom is -0.467 e. The molecule has 7 nitrogen and oxygen atoms in total. The number of amides is 3. The Balaban J connectivity index is 1.31. The predicted molar refractivity (Wildman–Crippen MR) is 93.9 cm³/mol. The SMILES string of the molecule is CN(CCNC(=O)C1CCN(C(=O)NCc2ccco2)CC1)C1CC1. The molecule has 2 N–H and O–H groups in total. The van der Waals surface area contributed by atoms with Crippen molar-refractivity contribution >= 4 is 11.9 Å². The predicted octanol–water partition coefficient (Wildman–Crippen LogP) is 1.41. The van der Waals surface area contributed by atoms with Gasteiger partial charge in [0.2, 0.25) is 5.91 Å². The van der Waals surface area contributed by atoms with Gasteiger partial charge >= 0.3 is 6.03 Å². The summed E-state index contributed by atoms with van der Waals surface area (Å²) in [6, 6.07) is 4.26. The number of hydrogen-bond donors (Lipinski definition) is 2. The first-order valence-corrected chi connectivity index (χ1v) is 9.16. The molecule has 1 saturated heterocycles. The van der Waals surface area contributed by atoms with Crippen LogP contribution in [0.25, 0.3) is 0 Å². The Morgan fingerprint density at radius 3 is 2.64 bits per heavy atom. The Morgan fingerprint density at radius 1 is 1.24 bits per heavy atom. The van der Waals surface area contributed by atoms with Gasteiger partial charge in [0.05, 0.1) is 12.8 Å². The molecule has 138 valence electrons. The molecular formula is C18H28N4O3. The van der Waals surface area contributed by atoms with Gasteiger partial charge in [-0.05, 0) is 44.9 Å². The number of furan rings is 1. The summed E-state index contributed by atoms with van der Waals surface area (Å²) in [5.74, 6) is 0.874. The highest BCUT2D eigenvalue weighted by Gasteiger charge is 2.28. The van der Waals surface area contributed by atoms with Gasteiger partial charge in [-0.1, -0.05) is 0 Å². The average molecular weight is 348 g/mol. The second kappa shape index (κ2) is 8.38. The van der Waals surface area contributed by atoms with Gasteiger partial charge < -0.3 is 24.9 Å². The van der Waals surface area contributed by atoms with Gasteiger partial charge in [-0.3, -0.25) is 4.79 Å². The Kier molecular flexibility index (Phi) is 5.96. The Morgan fingerprint density at radius 2 is 2.00 bits per heavy atom. The summed E-state index contributed by atoms with van der Waals surface area (Å²) in [6.07, 6.45) is 5.60. The van der Waals surface area contributed by atoms with E-state index in [4.69, 9.17) is 4.42 Å². The van der Waals surface area contributed by atoms with Gasteiger partial charge in [0.1, 0.15) is 5.76 Å². The third-order valence-electron chi connectivity index (χ3n) is 5.08. The highest BCUT2D eigenvalue weighted by molar-refractivity contribution is 5.79. The largest absolute Gasteiger partial charge is 0.467 e. The van der Waals surface area contributed by atoms with Crippen LogP contribution in [0.4, 0.5) is 4.79 Å². The molecule has 0 radical (unpaired) electrons. The van der Waals surface area contributed by atoms with Gasteiger partial charge in [0.15, 0.2) is 0 Å². The summed E-state index contributed by atoms with van der Waals surface area (Å²) in [4.78, 5) is 28.5. The second-order valence-electron chi connectivity index (χ2n) is 7.00. The molecule has 7 heteroatoms. The van der Waals surface area contributed by atoms with E-state index in [9.17, 15) is 9.59 Å². The quantitative estimate of drug-likeness (QED) is 0.781. The van der Waals surface area contributed by atoms with Crippen molar-refractivity contribution in [2.75, 3.05) is 33.2 Å². The van der Waals surface area contributed by atoms with Crippen LogP contribution in [-0.2, 0) is 11.3 Å². The van der Waals surface area contributed by atoms with Crippen LogP contribution in [0.2, 0.25) is 0 Å². The molecule has 2 aliphatic rings. The number of likely N-dealkylation sites (tertiary alicyclic amines) is 1. The molecule has 1 saturated carbocycles.